The van der Waals surface area contributed by atoms with Crippen LogP contribution in [0.2, 0.25) is 0 Å². The highest BCUT2D eigenvalue weighted by molar-refractivity contribution is 7.81. The summed E-state index contributed by atoms with van der Waals surface area (Å²) in [6.45, 7) is 5.00. The van der Waals surface area contributed by atoms with Crippen LogP contribution in [0.5, 0.6) is 0 Å². The number of amides is 3. The lowest BCUT2D eigenvalue weighted by molar-refractivity contribution is -0.134. The Bertz CT molecular complexity index is 330. The zero-order valence-electron chi connectivity index (χ0n) is 9.56. The van der Waals surface area contributed by atoms with E-state index in [1.165, 1.54) is 0 Å². The molecule has 0 aromatic carbocycles. The summed E-state index contributed by atoms with van der Waals surface area (Å²) in [5, 5.41) is 2.11. The van der Waals surface area contributed by atoms with Gasteiger partial charge in [-0.1, -0.05) is 13.8 Å². The standard InChI is InChI=1S/C10H16N2O3S/c1-4-7(13)8(6(3)16)12-9(14)5(2)11-10(12)15/h5-6,8,16H,4H2,1-3H3,(H,11,15)/t5-,6-,8?/m0/s1. The van der Waals surface area contributed by atoms with Gasteiger partial charge in [-0.3, -0.25) is 14.5 Å². The van der Waals surface area contributed by atoms with Crippen molar-refractivity contribution in [1.29, 1.82) is 0 Å². The highest BCUT2D eigenvalue weighted by atomic mass is 32.1. The van der Waals surface area contributed by atoms with Crippen LogP contribution in [0.1, 0.15) is 27.2 Å². The highest BCUT2D eigenvalue weighted by Gasteiger charge is 2.43. The van der Waals surface area contributed by atoms with Crippen LogP contribution in [0.3, 0.4) is 0 Å². The second-order valence-corrected chi connectivity index (χ2v) is 4.70. The van der Waals surface area contributed by atoms with Gasteiger partial charge in [0.25, 0.3) is 5.91 Å². The van der Waals surface area contributed by atoms with Crippen LogP contribution < -0.4 is 5.32 Å². The number of carbonyl (C=O) groups excluding carboxylic acids is 3. The Morgan fingerprint density at radius 2 is 2.12 bits per heavy atom. The van der Waals surface area contributed by atoms with Gasteiger partial charge in [0.15, 0.2) is 5.78 Å². The van der Waals surface area contributed by atoms with Crippen LogP contribution >= 0.6 is 12.6 Å². The molecule has 6 heteroatoms. The Labute approximate surface area is 100.0 Å². The van der Waals surface area contributed by atoms with E-state index in [-0.39, 0.29) is 23.4 Å². The van der Waals surface area contributed by atoms with Crippen LogP contribution in [0.25, 0.3) is 0 Å². The van der Waals surface area contributed by atoms with E-state index >= 15 is 0 Å². The number of nitrogens with one attached hydrogen (secondary N) is 1. The van der Waals surface area contributed by atoms with Crippen molar-refractivity contribution in [2.75, 3.05) is 0 Å². The first-order chi connectivity index (χ1) is 7.40. The molecule has 0 spiro atoms. The van der Waals surface area contributed by atoms with Crippen LogP contribution in [0.4, 0.5) is 4.79 Å². The molecule has 1 saturated heterocycles. The molecule has 3 atom stereocenters. The first kappa shape index (κ1) is 13.0. The molecule has 0 aromatic heterocycles. The second kappa shape index (κ2) is 4.86. The van der Waals surface area contributed by atoms with E-state index in [9.17, 15) is 14.4 Å². The van der Waals surface area contributed by atoms with Crippen molar-refractivity contribution in [2.45, 2.75) is 44.5 Å². The molecule has 1 fully saturated rings. The normalized spacial score (nSPS) is 24.2. The number of hydrogen-bond donors (Lipinski definition) is 2. The fourth-order valence-electron chi connectivity index (χ4n) is 1.73. The minimum absolute atomic E-state index is 0.153. The van der Waals surface area contributed by atoms with E-state index in [4.69, 9.17) is 0 Å². The van der Waals surface area contributed by atoms with Crippen molar-refractivity contribution in [3.05, 3.63) is 0 Å². The van der Waals surface area contributed by atoms with Gasteiger partial charge in [-0.25, -0.2) is 4.79 Å². The number of carbonyl (C=O) groups is 3. The smallest absolute Gasteiger partial charge is 0.325 e. The van der Waals surface area contributed by atoms with E-state index in [0.717, 1.165) is 4.90 Å². The van der Waals surface area contributed by atoms with E-state index in [1.54, 1.807) is 20.8 Å². The van der Waals surface area contributed by atoms with Gasteiger partial charge in [-0.15, -0.1) is 0 Å². The number of nitrogens with zero attached hydrogens (tertiary/aromatic N) is 1. The topological polar surface area (TPSA) is 66.5 Å². The van der Waals surface area contributed by atoms with Crippen molar-refractivity contribution >= 4 is 30.4 Å². The van der Waals surface area contributed by atoms with E-state index in [2.05, 4.69) is 17.9 Å². The summed E-state index contributed by atoms with van der Waals surface area (Å²) in [6, 6.07) is -1.84. The van der Waals surface area contributed by atoms with Crippen molar-refractivity contribution in [1.82, 2.24) is 10.2 Å². The molecule has 1 aliphatic heterocycles. The van der Waals surface area contributed by atoms with Gasteiger partial charge >= 0.3 is 6.03 Å². The van der Waals surface area contributed by atoms with Crippen molar-refractivity contribution in [3.63, 3.8) is 0 Å². The maximum absolute atomic E-state index is 11.7. The third kappa shape index (κ3) is 2.21. The van der Waals surface area contributed by atoms with Crippen molar-refractivity contribution in [2.24, 2.45) is 0 Å². The molecule has 0 saturated carbocycles. The Hall–Kier alpha value is -1.04. The molecule has 3 amide bonds. The Balaban J connectivity index is 2.99. The number of rotatable bonds is 4. The summed E-state index contributed by atoms with van der Waals surface area (Å²) in [7, 11) is 0. The quantitative estimate of drug-likeness (QED) is 0.562. The molecule has 1 unspecified atom stereocenters. The molecule has 0 bridgehead atoms. The van der Waals surface area contributed by atoms with Gasteiger partial charge in [0.2, 0.25) is 0 Å². The number of urea groups is 1. The Kier molecular flexibility index (Phi) is 3.96. The molecule has 0 radical (unpaired) electrons. The Morgan fingerprint density at radius 1 is 1.56 bits per heavy atom. The SMILES string of the molecule is CCC(=O)C([C@H](C)S)N1C(=O)N[C@@H](C)C1=O. The molecule has 0 aliphatic carbocycles. The molecule has 90 valence electrons. The van der Waals surface area contributed by atoms with Gasteiger partial charge in [-0.05, 0) is 6.92 Å². The van der Waals surface area contributed by atoms with E-state index in [1.807, 2.05) is 0 Å². The van der Waals surface area contributed by atoms with Gasteiger partial charge in [0.1, 0.15) is 12.1 Å². The number of ketones is 1. The van der Waals surface area contributed by atoms with E-state index in [0.29, 0.717) is 0 Å². The maximum Gasteiger partial charge on any atom is 0.325 e. The van der Waals surface area contributed by atoms with Crippen molar-refractivity contribution in [3.8, 4) is 0 Å². The molecule has 1 N–H and O–H groups in total. The number of imide groups is 1. The predicted molar refractivity (Wildman–Crippen MR) is 62.4 cm³/mol. The number of thiol groups is 1. The monoisotopic (exact) mass is 244 g/mol. The molecule has 1 aliphatic rings. The zero-order chi connectivity index (χ0) is 12.5. The molecule has 1 heterocycles. The molecular formula is C10H16N2O3S. The average molecular weight is 244 g/mol. The zero-order valence-corrected chi connectivity index (χ0v) is 10.5. The first-order valence-corrected chi connectivity index (χ1v) is 5.76. The van der Waals surface area contributed by atoms with E-state index < -0.39 is 18.1 Å². The number of hydrogen-bond acceptors (Lipinski definition) is 4. The van der Waals surface area contributed by atoms with Crippen LogP contribution in [0, 0.1) is 0 Å². The summed E-state index contributed by atoms with van der Waals surface area (Å²) >= 11 is 4.18. The lowest BCUT2D eigenvalue weighted by Crippen LogP contribution is -2.49. The van der Waals surface area contributed by atoms with Crippen molar-refractivity contribution < 1.29 is 14.4 Å². The highest BCUT2D eigenvalue weighted by Crippen LogP contribution is 2.18. The summed E-state index contributed by atoms with van der Waals surface area (Å²) in [5.41, 5.74) is 0. The molecule has 5 nitrogen and oxygen atoms in total. The average Bonchev–Trinajstić information content (AvgIpc) is 2.44. The fourth-order valence-corrected chi connectivity index (χ4v) is 2.03. The summed E-state index contributed by atoms with van der Waals surface area (Å²) in [6.07, 6.45) is 0.279. The second-order valence-electron chi connectivity index (χ2n) is 3.88. The minimum atomic E-state index is -0.772. The summed E-state index contributed by atoms with van der Waals surface area (Å²) < 4.78 is 0. The Morgan fingerprint density at radius 3 is 2.44 bits per heavy atom. The van der Waals surface area contributed by atoms with Gasteiger partial charge in [0, 0.05) is 11.7 Å². The van der Waals surface area contributed by atoms with Crippen LogP contribution in [0.15, 0.2) is 0 Å². The summed E-state index contributed by atoms with van der Waals surface area (Å²) in [4.78, 5) is 36.0. The lowest BCUT2D eigenvalue weighted by Gasteiger charge is -2.26. The van der Waals surface area contributed by atoms with Gasteiger partial charge in [-0.2, -0.15) is 12.6 Å². The van der Waals surface area contributed by atoms with Crippen LogP contribution in [-0.4, -0.2) is 40.0 Å². The molecule has 1 rings (SSSR count). The lowest BCUT2D eigenvalue weighted by atomic mass is 10.1. The largest absolute Gasteiger partial charge is 0.326 e. The maximum atomic E-state index is 11.7. The third-order valence-corrected chi connectivity index (χ3v) is 2.86. The molecular weight excluding hydrogens is 228 g/mol. The molecule has 0 aromatic rings. The summed E-state index contributed by atoms with van der Waals surface area (Å²) in [5.74, 6) is -0.516. The molecule has 16 heavy (non-hydrogen) atoms. The van der Waals surface area contributed by atoms with Gasteiger partial charge < -0.3 is 5.32 Å². The first-order valence-electron chi connectivity index (χ1n) is 5.24. The predicted octanol–water partition coefficient (Wildman–Crippen LogP) is 0.593. The third-order valence-electron chi connectivity index (χ3n) is 2.58. The number of Topliss-reactive ketones (excluding diaryl/α,β-unsaturated/α-hetero) is 1. The van der Waals surface area contributed by atoms with Crippen LogP contribution in [-0.2, 0) is 9.59 Å². The fraction of sp³-hybridized carbons (Fsp3) is 0.700. The minimum Gasteiger partial charge on any atom is -0.326 e. The van der Waals surface area contributed by atoms with Gasteiger partial charge in [0.05, 0.1) is 0 Å².